The minimum absolute atomic E-state index is 0.354. The number of benzene rings is 1. The van der Waals surface area contributed by atoms with Crippen LogP contribution < -0.4 is 0 Å². The zero-order valence-electron chi connectivity index (χ0n) is 8.81. The molecule has 0 saturated heterocycles. The molecule has 17 heavy (non-hydrogen) atoms. The minimum Gasteiger partial charge on any atom is -0.207 e. The Morgan fingerprint density at radius 1 is 1.35 bits per heavy atom. The largest absolute Gasteiger partial charge is 0.207 e. The van der Waals surface area contributed by atoms with Gasteiger partial charge in [0.1, 0.15) is 5.82 Å². The van der Waals surface area contributed by atoms with Crippen LogP contribution in [-0.4, -0.2) is 0 Å². The standard InChI is InChI=1S/C12H8BrCl2FS/c1-6-2-3-11(17-6)12(15)7-4-9(14)8(13)5-10(7)16/h2-5,12H,1H3. The average molecular weight is 354 g/mol. The van der Waals surface area contributed by atoms with Gasteiger partial charge in [0.25, 0.3) is 0 Å². The quantitative estimate of drug-likeness (QED) is 0.463. The van der Waals surface area contributed by atoms with Gasteiger partial charge in [0.2, 0.25) is 0 Å². The summed E-state index contributed by atoms with van der Waals surface area (Å²) >= 11 is 17.0. The van der Waals surface area contributed by atoms with Gasteiger partial charge in [-0.1, -0.05) is 11.6 Å². The Morgan fingerprint density at radius 2 is 2.06 bits per heavy atom. The lowest BCUT2D eigenvalue weighted by molar-refractivity contribution is 0.612. The molecule has 1 aromatic heterocycles. The van der Waals surface area contributed by atoms with Crippen molar-refractivity contribution in [3.05, 3.63) is 54.9 Å². The van der Waals surface area contributed by atoms with E-state index in [-0.39, 0.29) is 5.82 Å². The second-order valence-corrected chi connectivity index (χ2v) is 6.62. The molecule has 0 N–H and O–H groups in total. The summed E-state index contributed by atoms with van der Waals surface area (Å²) in [6.45, 7) is 1.99. The molecule has 0 nitrogen and oxygen atoms in total. The van der Waals surface area contributed by atoms with Gasteiger partial charge in [-0.05, 0) is 47.1 Å². The highest BCUT2D eigenvalue weighted by molar-refractivity contribution is 9.10. The topological polar surface area (TPSA) is 0 Å². The number of hydrogen-bond donors (Lipinski definition) is 0. The molecule has 0 saturated carbocycles. The van der Waals surface area contributed by atoms with E-state index in [4.69, 9.17) is 23.2 Å². The molecule has 2 rings (SSSR count). The van der Waals surface area contributed by atoms with E-state index < -0.39 is 5.38 Å². The van der Waals surface area contributed by atoms with E-state index >= 15 is 0 Å². The maximum Gasteiger partial charge on any atom is 0.129 e. The summed E-state index contributed by atoms with van der Waals surface area (Å²) in [7, 11) is 0. The first kappa shape index (κ1) is 13.3. The van der Waals surface area contributed by atoms with Gasteiger partial charge in [0.05, 0.1) is 10.4 Å². The molecule has 0 radical (unpaired) electrons. The van der Waals surface area contributed by atoms with Crippen molar-refractivity contribution in [2.75, 3.05) is 0 Å². The summed E-state index contributed by atoms with van der Waals surface area (Å²) < 4.78 is 14.3. The summed E-state index contributed by atoms with van der Waals surface area (Å²) in [5, 5.41) is -0.0420. The van der Waals surface area contributed by atoms with Crippen LogP contribution in [0.3, 0.4) is 0 Å². The van der Waals surface area contributed by atoms with Crippen LogP contribution in [0, 0.1) is 12.7 Å². The zero-order chi connectivity index (χ0) is 12.6. The van der Waals surface area contributed by atoms with Crippen molar-refractivity contribution >= 4 is 50.5 Å². The summed E-state index contributed by atoms with van der Waals surface area (Å²) in [4.78, 5) is 2.07. The van der Waals surface area contributed by atoms with Crippen LogP contribution in [0.25, 0.3) is 0 Å². The van der Waals surface area contributed by atoms with Gasteiger partial charge >= 0.3 is 0 Å². The lowest BCUT2D eigenvalue weighted by Crippen LogP contribution is -1.95. The average Bonchev–Trinajstić information content (AvgIpc) is 2.69. The summed E-state index contributed by atoms with van der Waals surface area (Å²) in [6, 6.07) is 6.78. The Hall–Kier alpha value is -0.0900. The molecular weight excluding hydrogens is 346 g/mol. The van der Waals surface area contributed by atoms with Gasteiger partial charge in [-0.25, -0.2) is 4.39 Å². The number of aryl methyl sites for hydroxylation is 1. The van der Waals surface area contributed by atoms with E-state index in [2.05, 4.69) is 15.9 Å². The lowest BCUT2D eigenvalue weighted by Gasteiger charge is -2.10. The minimum atomic E-state index is -0.501. The van der Waals surface area contributed by atoms with Crippen LogP contribution in [0.1, 0.15) is 20.7 Å². The van der Waals surface area contributed by atoms with E-state index in [0.29, 0.717) is 15.1 Å². The Morgan fingerprint density at radius 3 is 2.65 bits per heavy atom. The highest BCUT2D eigenvalue weighted by Gasteiger charge is 2.18. The molecule has 2 aromatic rings. The first-order chi connectivity index (χ1) is 7.99. The molecule has 0 spiro atoms. The van der Waals surface area contributed by atoms with Crippen LogP contribution in [0.4, 0.5) is 4.39 Å². The number of alkyl halides is 1. The van der Waals surface area contributed by atoms with E-state index in [1.165, 1.54) is 6.07 Å². The van der Waals surface area contributed by atoms with Crippen molar-refractivity contribution in [3.8, 4) is 0 Å². The second kappa shape index (κ2) is 5.27. The number of rotatable bonds is 2. The molecule has 0 bridgehead atoms. The van der Waals surface area contributed by atoms with Crippen LogP contribution in [0.2, 0.25) is 5.02 Å². The highest BCUT2D eigenvalue weighted by Crippen LogP contribution is 2.37. The maximum absolute atomic E-state index is 13.8. The molecular formula is C12H8BrCl2FS. The molecule has 1 heterocycles. The van der Waals surface area contributed by atoms with E-state index in [1.54, 1.807) is 17.4 Å². The van der Waals surface area contributed by atoms with Crippen molar-refractivity contribution in [1.82, 2.24) is 0 Å². The number of thiophene rings is 1. The van der Waals surface area contributed by atoms with Gasteiger partial charge in [0, 0.05) is 19.8 Å². The third-order valence-electron chi connectivity index (χ3n) is 2.32. The van der Waals surface area contributed by atoms with E-state index in [1.807, 2.05) is 19.1 Å². The molecule has 0 amide bonds. The number of hydrogen-bond acceptors (Lipinski definition) is 1. The zero-order valence-corrected chi connectivity index (χ0v) is 12.7. The highest BCUT2D eigenvalue weighted by atomic mass is 79.9. The molecule has 0 aliphatic carbocycles. The van der Waals surface area contributed by atoms with E-state index in [0.717, 1.165) is 9.75 Å². The van der Waals surface area contributed by atoms with Gasteiger partial charge in [-0.3, -0.25) is 0 Å². The normalized spacial score (nSPS) is 12.8. The predicted octanol–water partition coefficient (Wildman–Crippen LogP) is 5.94. The van der Waals surface area contributed by atoms with Crippen molar-refractivity contribution in [1.29, 1.82) is 0 Å². The fraction of sp³-hybridized carbons (Fsp3) is 0.167. The lowest BCUT2D eigenvalue weighted by atomic mass is 10.1. The fourth-order valence-electron chi connectivity index (χ4n) is 1.48. The van der Waals surface area contributed by atoms with Crippen LogP contribution in [0.5, 0.6) is 0 Å². The molecule has 1 aromatic carbocycles. The molecule has 0 aliphatic heterocycles. The maximum atomic E-state index is 13.8. The van der Waals surface area contributed by atoms with Crippen molar-refractivity contribution in [2.24, 2.45) is 0 Å². The van der Waals surface area contributed by atoms with Gasteiger partial charge in [-0.15, -0.1) is 22.9 Å². The molecule has 0 fully saturated rings. The Bertz CT molecular complexity index is 553. The monoisotopic (exact) mass is 352 g/mol. The fourth-order valence-corrected chi connectivity index (χ4v) is 3.21. The van der Waals surface area contributed by atoms with Crippen LogP contribution in [-0.2, 0) is 0 Å². The Kier molecular flexibility index (Phi) is 4.14. The summed E-state index contributed by atoms with van der Waals surface area (Å²) in [6.07, 6.45) is 0. The van der Waals surface area contributed by atoms with Gasteiger partial charge < -0.3 is 0 Å². The first-order valence-electron chi connectivity index (χ1n) is 4.84. The Balaban J connectivity index is 2.43. The van der Waals surface area contributed by atoms with Crippen molar-refractivity contribution in [3.63, 3.8) is 0 Å². The summed E-state index contributed by atoms with van der Waals surface area (Å²) in [5.41, 5.74) is 0.404. The molecule has 1 unspecified atom stereocenters. The second-order valence-electron chi connectivity index (χ2n) is 3.60. The SMILES string of the molecule is Cc1ccc(C(Cl)c2cc(Cl)c(Br)cc2F)s1. The van der Waals surface area contributed by atoms with Crippen LogP contribution in [0.15, 0.2) is 28.7 Å². The number of halogens is 4. The molecule has 0 aliphatic rings. The van der Waals surface area contributed by atoms with Crippen molar-refractivity contribution in [2.45, 2.75) is 12.3 Å². The smallest absolute Gasteiger partial charge is 0.129 e. The van der Waals surface area contributed by atoms with Gasteiger partial charge in [-0.2, -0.15) is 0 Å². The predicted molar refractivity (Wildman–Crippen MR) is 75.9 cm³/mol. The van der Waals surface area contributed by atoms with Gasteiger partial charge in [0.15, 0.2) is 0 Å². The first-order valence-corrected chi connectivity index (χ1v) is 7.26. The van der Waals surface area contributed by atoms with E-state index in [9.17, 15) is 4.39 Å². The van der Waals surface area contributed by atoms with Crippen molar-refractivity contribution < 1.29 is 4.39 Å². The third-order valence-corrected chi connectivity index (χ3v) is 5.19. The molecule has 1 atom stereocenters. The summed E-state index contributed by atoms with van der Waals surface area (Å²) in [5.74, 6) is -0.354. The molecule has 90 valence electrons. The Labute approximate surface area is 121 Å². The van der Waals surface area contributed by atoms with Crippen LogP contribution >= 0.6 is 50.5 Å². The molecule has 5 heteroatoms. The third kappa shape index (κ3) is 2.84.